The number of carbonyl (C=O) groups is 1. The molecule has 196 valence electrons. The van der Waals surface area contributed by atoms with E-state index in [-0.39, 0.29) is 36.3 Å². The molecular weight excluding hydrogens is 489 g/mol. The minimum absolute atomic E-state index is 0.0278. The van der Waals surface area contributed by atoms with E-state index in [0.717, 1.165) is 19.4 Å². The van der Waals surface area contributed by atoms with E-state index in [4.69, 9.17) is 9.47 Å². The minimum atomic E-state index is -5.74. The molecule has 1 aromatic rings. The molecule has 1 amide bonds. The van der Waals surface area contributed by atoms with Crippen LogP contribution in [-0.4, -0.2) is 75.8 Å². The Hall–Kier alpha value is -1.89. The lowest BCUT2D eigenvalue weighted by Crippen LogP contribution is -2.70. The predicted octanol–water partition coefficient (Wildman–Crippen LogP) is 2.94. The maximum atomic E-state index is 12.8. The summed E-state index contributed by atoms with van der Waals surface area (Å²) >= 11 is 0. The van der Waals surface area contributed by atoms with Gasteiger partial charge in [-0.15, -0.1) is 0 Å². The number of para-hydroxylation sites is 1. The van der Waals surface area contributed by atoms with Crippen LogP contribution in [-0.2, 0) is 24.4 Å². The lowest BCUT2D eigenvalue weighted by atomic mass is 9.80. The van der Waals surface area contributed by atoms with E-state index in [1.165, 1.54) is 12.1 Å². The number of carbonyl (C=O) groups excluding carboxylic acids is 1. The van der Waals surface area contributed by atoms with Gasteiger partial charge in [-0.05, 0) is 69.7 Å². The van der Waals surface area contributed by atoms with Crippen molar-refractivity contribution in [2.45, 2.75) is 67.6 Å². The Balaban J connectivity index is 1.36. The van der Waals surface area contributed by atoms with Crippen LogP contribution in [0.1, 0.15) is 50.0 Å². The van der Waals surface area contributed by atoms with Crippen molar-refractivity contribution in [2.75, 3.05) is 33.4 Å². The van der Waals surface area contributed by atoms with Crippen molar-refractivity contribution in [3.05, 3.63) is 29.8 Å². The Labute approximate surface area is 203 Å². The average molecular weight is 521 g/mol. The van der Waals surface area contributed by atoms with E-state index in [9.17, 15) is 26.4 Å². The number of hydrogen-bond acceptors (Lipinski definition) is 7. The number of hydrogen-bond donors (Lipinski definition) is 1. The Bertz CT molecular complexity index is 1010. The second-order valence-corrected chi connectivity index (χ2v) is 11.2. The molecule has 3 fully saturated rings. The highest BCUT2D eigenvalue weighted by Gasteiger charge is 2.49. The number of piperidine rings is 1. The number of ether oxygens (including phenoxy) is 2. The summed E-state index contributed by atoms with van der Waals surface area (Å²) in [7, 11) is -3.72. The molecule has 12 heteroatoms. The summed E-state index contributed by atoms with van der Waals surface area (Å²) in [6.45, 7) is 1.84. The van der Waals surface area contributed by atoms with Gasteiger partial charge < -0.3 is 19.0 Å². The van der Waals surface area contributed by atoms with Gasteiger partial charge >= 0.3 is 15.6 Å². The molecule has 1 aliphatic carbocycles. The van der Waals surface area contributed by atoms with Crippen LogP contribution in [0.3, 0.4) is 0 Å². The lowest BCUT2D eigenvalue weighted by Gasteiger charge is -2.50. The first-order valence-corrected chi connectivity index (χ1v) is 13.2. The Kier molecular flexibility index (Phi) is 7.65. The molecule has 2 aliphatic heterocycles. The molecule has 1 aromatic carbocycles. The van der Waals surface area contributed by atoms with Crippen molar-refractivity contribution in [3.8, 4) is 5.75 Å². The number of nitrogens with zero attached hydrogens (tertiary/aromatic N) is 1. The molecule has 35 heavy (non-hydrogen) atoms. The molecule has 1 N–H and O–H groups in total. The summed E-state index contributed by atoms with van der Waals surface area (Å²) in [4.78, 5) is 14.2. The van der Waals surface area contributed by atoms with Crippen LogP contribution in [0.4, 0.5) is 13.2 Å². The van der Waals surface area contributed by atoms with Gasteiger partial charge in [0, 0.05) is 0 Å². The van der Waals surface area contributed by atoms with E-state index >= 15 is 0 Å². The number of likely N-dealkylation sites (N-methyl/N-ethyl adjacent to an activating group) is 1. The van der Waals surface area contributed by atoms with Crippen LogP contribution in [0.5, 0.6) is 5.75 Å². The first-order valence-electron chi connectivity index (χ1n) is 11.8. The van der Waals surface area contributed by atoms with E-state index < -0.39 is 21.2 Å². The Morgan fingerprint density at radius 1 is 1.20 bits per heavy atom. The van der Waals surface area contributed by atoms with E-state index in [2.05, 4.69) is 14.4 Å². The molecule has 0 bridgehead atoms. The highest BCUT2D eigenvalue weighted by molar-refractivity contribution is 7.88. The summed E-state index contributed by atoms with van der Waals surface area (Å²) < 4.78 is 77.7. The molecule has 0 radical (unpaired) electrons. The maximum Gasteiger partial charge on any atom is 0.534 e. The van der Waals surface area contributed by atoms with Crippen molar-refractivity contribution in [3.63, 3.8) is 0 Å². The van der Waals surface area contributed by atoms with Gasteiger partial charge in [0.25, 0.3) is 0 Å². The van der Waals surface area contributed by atoms with Gasteiger partial charge in [-0.1, -0.05) is 18.2 Å². The summed E-state index contributed by atoms with van der Waals surface area (Å²) in [5, 5.41) is 3.14. The zero-order chi connectivity index (χ0) is 25.3. The lowest BCUT2D eigenvalue weighted by molar-refractivity contribution is -0.144. The van der Waals surface area contributed by atoms with Crippen molar-refractivity contribution in [1.82, 2.24) is 10.2 Å². The molecule has 2 unspecified atom stereocenters. The molecule has 8 nitrogen and oxygen atoms in total. The van der Waals surface area contributed by atoms with Crippen LogP contribution < -0.4 is 9.50 Å². The van der Waals surface area contributed by atoms with Gasteiger partial charge in [0.2, 0.25) is 5.91 Å². The standard InChI is InChI=1S/C23H31F3N2O6S/c1-28-12-4-11-22(15-32-14-21(29)27-22)20(28)13-33-17-9-7-16(8-10-17)18-5-2-3-6-19(18)34-35(30,31)23(24,25)26/h2-3,5-6,16-17,20H,4,7-15H2,1H3,(H,27,29). The van der Waals surface area contributed by atoms with Gasteiger partial charge in [-0.3, -0.25) is 9.69 Å². The summed E-state index contributed by atoms with van der Waals surface area (Å²) in [5.74, 6) is -0.539. The highest BCUT2D eigenvalue weighted by Crippen LogP contribution is 2.40. The molecule has 2 saturated heterocycles. The zero-order valence-corrected chi connectivity index (χ0v) is 20.4. The van der Waals surface area contributed by atoms with Crippen LogP contribution in [0.25, 0.3) is 0 Å². The number of amides is 1. The zero-order valence-electron chi connectivity index (χ0n) is 19.6. The van der Waals surface area contributed by atoms with E-state index in [1.54, 1.807) is 12.1 Å². The topological polar surface area (TPSA) is 94.2 Å². The molecule has 2 atom stereocenters. The second-order valence-electron chi connectivity index (χ2n) is 9.63. The van der Waals surface area contributed by atoms with Crippen molar-refractivity contribution in [2.24, 2.45) is 0 Å². The summed E-state index contributed by atoms with van der Waals surface area (Å²) in [6.07, 6.45) is 4.35. The third kappa shape index (κ3) is 5.76. The molecular formula is C23H31F3N2O6S. The van der Waals surface area contributed by atoms with Gasteiger partial charge in [-0.2, -0.15) is 21.6 Å². The SMILES string of the molecule is CN1CCCC2(COCC(=O)N2)C1COC1CCC(c2ccccc2OS(=O)(=O)C(F)(F)F)CC1. The molecule has 1 saturated carbocycles. The number of morpholine rings is 1. The number of rotatable bonds is 6. The van der Waals surface area contributed by atoms with Crippen LogP contribution in [0.15, 0.2) is 24.3 Å². The van der Waals surface area contributed by atoms with E-state index in [0.29, 0.717) is 44.5 Å². The molecule has 0 aromatic heterocycles. The fourth-order valence-electron chi connectivity index (χ4n) is 5.49. The third-order valence-electron chi connectivity index (χ3n) is 7.29. The Morgan fingerprint density at radius 3 is 2.60 bits per heavy atom. The molecule has 1 spiro atoms. The normalized spacial score (nSPS) is 30.7. The van der Waals surface area contributed by atoms with Gasteiger partial charge in [0.1, 0.15) is 12.4 Å². The number of halogens is 3. The summed E-state index contributed by atoms with van der Waals surface area (Å²) in [6, 6.07) is 5.94. The number of benzene rings is 1. The molecule has 3 aliphatic rings. The first kappa shape index (κ1) is 26.2. The molecule has 2 heterocycles. The highest BCUT2D eigenvalue weighted by atomic mass is 32.2. The number of likely N-dealkylation sites (tertiary alicyclic amines) is 1. The second kappa shape index (κ2) is 10.2. The predicted molar refractivity (Wildman–Crippen MR) is 120 cm³/mol. The fraction of sp³-hybridized carbons (Fsp3) is 0.696. The van der Waals surface area contributed by atoms with Crippen LogP contribution in [0, 0.1) is 0 Å². The monoisotopic (exact) mass is 520 g/mol. The third-order valence-corrected chi connectivity index (χ3v) is 8.26. The van der Waals surface area contributed by atoms with Gasteiger partial charge in [0.05, 0.1) is 30.9 Å². The van der Waals surface area contributed by atoms with Gasteiger partial charge in [0.15, 0.2) is 0 Å². The van der Waals surface area contributed by atoms with Gasteiger partial charge in [-0.25, -0.2) is 0 Å². The maximum absolute atomic E-state index is 12.8. The number of nitrogens with one attached hydrogen (secondary N) is 1. The quantitative estimate of drug-likeness (QED) is 0.455. The number of alkyl halides is 3. The van der Waals surface area contributed by atoms with Crippen LogP contribution in [0.2, 0.25) is 0 Å². The van der Waals surface area contributed by atoms with Crippen LogP contribution >= 0.6 is 0 Å². The summed E-state index contributed by atoms with van der Waals surface area (Å²) in [5.41, 5.74) is -5.51. The van der Waals surface area contributed by atoms with Crippen molar-refractivity contribution < 1.29 is 40.0 Å². The van der Waals surface area contributed by atoms with Crippen molar-refractivity contribution >= 4 is 16.0 Å². The fourth-order valence-corrected chi connectivity index (χ4v) is 5.97. The Morgan fingerprint density at radius 2 is 1.91 bits per heavy atom. The smallest absolute Gasteiger partial charge is 0.376 e. The first-order chi connectivity index (χ1) is 16.5. The van der Waals surface area contributed by atoms with Crippen molar-refractivity contribution in [1.29, 1.82) is 0 Å². The average Bonchev–Trinajstić information content (AvgIpc) is 2.79. The molecule has 4 rings (SSSR count). The van der Waals surface area contributed by atoms with E-state index in [1.807, 2.05) is 7.05 Å². The minimum Gasteiger partial charge on any atom is -0.376 e. The largest absolute Gasteiger partial charge is 0.534 e.